The molecule has 1 heterocycles. The number of carbonyl (C=O) groups is 3. The first-order valence-corrected chi connectivity index (χ1v) is 11.7. The molecule has 3 rings (SSSR count). The molecule has 9 nitrogen and oxygen atoms in total. The lowest BCUT2D eigenvalue weighted by atomic mass is 10.1. The predicted molar refractivity (Wildman–Crippen MR) is 122 cm³/mol. The maximum absolute atomic E-state index is 13.0. The number of esters is 1. The highest BCUT2D eigenvalue weighted by molar-refractivity contribution is 7.89. The third-order valence-corrected chi connectivity index (χ3v) is 6.98. The van der Waals surface area contributed by atoms with Gasteiger partial charge in [-0.1, -0.05) is 30.3 Å². The van der Waals surface area contributed by atoms with Crippen LogP contribution in [0.2, 0.25) is 0 Å². The van der Waals surface area contributed by atoms with Crippen LogP contribution in [0.4, 0.5) is 5.69 Å². The van der Waals surface area contributed by atoms with Crippen LogP contribution in [0.15, 0.2) is 65.2 Å². The zero-order chi connectivity index (χ0) is 24.0. The molecule has 0 bridgehead atoms. The Morgan fingerprint density at radius 3 is 2.33 bits per heavy atom. The van der Waals surface area contributed by atoms with Gasteiger partial charge in [0.15, 0.2) is 0 Å². The Hall–Kier alpha value is -3.50. The molecule has 1 atom stereocenters. The van der Waals surface area contributed by atoms with E-state index in [0.717, 1.165) is 4.31 Å². The van der Waals surface area contributed by atoms with Crippen LogP contribution < -0.4 is 10.6 Å². The van der Waals surface area contributed by atoms with E-state index in [1.54, 1.807) is 42.5 Å². The Bertz CT molecular complexity index is 1160. The van der Waals surface area contributed by atoms with Crippen LogP contribution in [-0.4, -0.2) is 50.2 Å². The maximum Gasteiger partial charge on any atom is 0.354 e. The second kappa shape index (κ2) is 10.4. The number of anilines is 1. The van der Waals surface area contributed by atoms with Crippen molar-refractivity contribution in [1.82, 2.24) is 9.62 Å². The van der Waals surface area contributed by atoms with E-state index in [1.165, 1.54) is 32.2 Å². The van der Waals surface area contributed by atoms with Gasteiger partial charge in [-0.15, -0.1) is 0 Å². The smallest absolute Gasteiger partial charge is 0.354 e. The highest BCUT2D eigenvalue weighted by Gasteiger charge is 2.39. The van der Waals surface area contributed by atoms with Crippen LogP contribution in [0.5, 0.6) is 0 Å². The molecule has 1 saturated heterocycles. The first kappa shape index (κ1) is 24.1. The van der Waals surface area contributed by atoms with Gasteiger partial charge >= 0.3 is 5.97 Å². The molecule has 0 spiro atoms. The lowest BCUT2D eigenvalue weighted by Crippen LogP contribution is -2.46. The van der Waals surface area contributed by atoms with Crippen molar-refractivity contribution >= 4 is 39.6 Å². The minimum atomic E-state index is -3.87. The number of sulfonamides is 1. The van der Waals surface area contributed by atoms with Gasteiger partial charge in [0.1, 0.15) is 11.7 Å². The highest BCUT2D eigenvalue weighted by Crippen LogP contribution is 2.26. The van der Waals surface area contributed by atoms with Crippen molar-refractivity contribution in [3.63, 3.8) is 0 Å². The molecule has 2 aromatic carbocycles. The number of hydrogen-bond acceptors (Lipinski definition) is 6. The van der Waals surface area contributed by atoms with Crippen LogP contribution in [0.25, 0.3) is 6.08 Å². The van der Waals surface area contributed by atoms with Crippen molar-refractivity contribution in [3.05, 3.63) is 65.9 Å². The van der Waals surface area contributed by atoms with Crippen LogP contribution in [-0.2, 0) is 29.1 Å². The van der Waals surface area contributed by atoms with Gasteiger partial charge < -0.3 is 15.4 Å². The third kappa shape index (κ3) is 5.85. The van der Waals surface area contributed by atoms with E-state index >= 15 is 0 Å². The summed E-state index contributed by atoms with van der Waals surface area (Å²) < 4.78 is 32.0. The zero-order valence-electron chi connectivity index (χ0n) is 18.3. The number of hydrogen-bond donors (Lipinski definition) is 2. The van der Waals surface area contributed by atoms with E-state index < -0.39 is 27.9 Å². The van der Waals surface area contributed by atoms with Gasteiger partial charge in [0, 0.05) is 19.2 Å². The van der Waals surface area contributed by atoms with E-state index in [1.807, 2.05) is 0 Å². The van der Waals surface area contributed by atoms with Crippen molar-refractivity contribution in [3.8, 4) is 0 Å². The molecule has 0 unspecified atom stereocenters. The van der Waals surface area contributed by atoms with Gasteiger partial charge in [-0.2, -0.15) is 4.31 Å². The fourth-order valence-electron chi connectivity index (χ4n) is 3.52. The molecular weight excluding hydrogens is 446 g/mol. The minimum Gasteiger partial charge on any atom is -0.464 e. The highest BCUT2D eigenvalue weighted by atomic mass is 32.2. The Morgan fingerprint density at radius 2 is 1.73 bits per heavy atom. The lowest BCUT2D eigenvalue weighted by Gasteiger charge is -2.23. The molecule has 2 N–H and O–H groups in total. The Labute approximate surface area is 192 Å². The molecule has 0 aromatic heterocycles. The van der Waals surface area contributed by atoms with Gasteiger partial charge in [-0.05, 0) is 48.7 Å². The number of nitrogens with one attached hydrogen (secondary N) is 2. The Balaban J connectivity index is 1.82. The van der Waals surface area contributed by atoms with Gasteiger partial charge in [0.05, 0.1) is 12.0 Å². The second-order valence-electron chi connectivity index (χ2n) is 7.43. The van der Waals surface area contributed by atoms with Gasteiger partial charge in [0.2, 0.25) is 21.8 Å². The van der Waals surface area contributed by atoms with Crippen molar-refractivity contribution < 1.29 is 27.5 Å². The average Bonchev–Trinajstić information content (AvgIpc) is 3.31. The average molecular weight is 472 g/mol. The SMILES string of the molecule is COC(=O)/C(=C/c1ccc(NC(C)=O)cc1)NC(=O)[C@@H]1CCCN1S(=O)(=O)c1ccccc1. The molecule has 33 heavy (non-hydrogen) atoms. The summed E-state index contributed by atoms with van der Waals surface area (Å²) in [6.45, 7) is 1.60. The number of carbonyl (C=O) groups excluding carboxylic acids is 3. The summed E-state index contributed by atoms with van der Waals surface area (Å²) in [5, 5.41) is 5.17. The fraction of sp³-hybridized carbons (Fsp3) is 0.261. The number of rotatable bonds is 7. The molecule has 0 saturated carbocycles. The summed E-state index contributed by atoms with van der Waals surface area (Å²) in [6.07, 6.45) is 2.27. The maximum atomic E-state index is 13.0. The molecular formula is C23H25N3O6S. The first-order valence-electron chi connectivity index (χ1n) is 10.3. The molecule has 2 aromatic rings. The standard InChI is InChI=1S/C23H25N3O6S/c1-16(27)24-18-12-10-17(11-13-18)15-20(23(29)32-2)25-22(28)21-9-6-14-26(21)33(30,31)19-7-4-3-5-8-19/h3-5,7-8,10-13,15,21H,6,9,14H2,1-2H3,(H,24,27)(H,25,28)/b20-15-/t21-/m0/s1. The van der Waals surface area contributed by atoms with Crippen LogP contribution in [0, 0.1) is 0 Å². The van der Waals surface area contributed by atoms with E-state index in [-0.39, 0.29) is 23.0 Å². The van der Waals surface area contributed by atoms with E-state index in [0.29, 0.717) is 24.1 Å². The normalized spacial score (nSPS) is 16.8. The summed E-state index contributed by atoms with van der Waals surface area (Å²) in [6, 6.07) is 13.6. The number of amides is 2. The Morgan fingerprint density at radius 1 is 1.06 bits per heavy atom. The molecule has 0 radical (unpaired) electrons. The van der Waals surface area contributed by atoms with E-state index in [4.69, 9.17) is 4.74 Å². The number of nitrogens with zero attached hydrogens (tertiary/aromatic N) is 1. The minimum absolute atomic E-state index is 0.104. The summed E-state index contributed by atoms with van der Waals surface area (Å²) in [7, 11) is -2.68. The van der Waals surface area contributed by atoms with Gasteiger partial charge in [-0.3, -0.25) is 9.59 Å². The second-order valence-corrected chi connectivity index (χ2v) is 9.32. The lowest BCUT2D eigenvalue weighted by molar-refractivity contribution is -0.138. The van der Waals surface area contributed by atoms with Crippen molar-refractivity contribution in [2.24, 2.45) is 0 Å². The molecule has 0 aliphatic carbocycles. The quantitative estimate of drug-likeness (QED) is 0.471. The van der Waals surface area contributed by atoms with E-state index in [9.17, 15) is 22.8 Å². The van der Waals surface area contributed by atoms with Crippen molar-refractivity contribution in [2.75, 3.05) is 19.0 Å². The molecule has 1 aliphatic heterocycles. The number of methoxy groups -OCH3 is 1. The van der Waals surface area contributed by atoms with Crippen LogP contribution in [0.3, 0.4) is 0 Å². The fourth-order valence-corrected chi connectivity index (χ4v) is 5.20. The molecule has 10 heteroatoms. The molecule has 174 valence electrons. The molecule has 1 fully saturated rings. The van der Waals surface area contributed by atoms with Gasteiger partial charge in [-0.25, -0.2) is 13.2 Å². The van der Waals surface area contributed by atoms with Crippen LogP contribution >= 0.6 is 0 Å². The Kier molecular flexibility index (Phi) is 7.62. The van der Waals surface area contributed by atoms with Gasteiger partial charge in [0.25, 0.3) is 0 Å². The zero-order valence-corrected chi connectivity index (χ0v) is 19.1. The van der Waals surface area contributed by atoms with Crippen molar-refractivity contribution in [2.45, 2.75) is 30.7 Å². The van der Waals surface area contributed by atoms with Crippen LogP contribution in [0.1, 0.15) is 25.3 Å². The molecule has 1 aliphatic rings. The number of benzene rings is 2. The van der Waals surface area contributed by atoms with E-state index in [2.05, 4.69) is 10.6 Å². The summed E-state index contributed by atoms with van der Waals surface area (Å²) in [5.41, 5.74) is 1.03. The number of ether oxygens (including phenoxy) is 1. The predicted octanol–water partition coefficient (Wildman–Crippen LogP) is 2.13. The third-order valence-electron chi connectivity index (χ3n) is 5.06. The summed E-state index contributed by atoms with van der Waals surface area (Å²) >= 11 is 0. The summed E-state index contributed by atoms with van der Waals surface area (Å²) in [5.74, 6) is -1.60. The molecule has 2 amide bonds. The first-order chi connectivity index (χ1) is 15.7. The summed E-state index contributed by atoms with van der Waals surface area (Å²) in [4.78, 5) is 36.6. The van der Waals surface area contributed by atoms with Crippen molar-refractivity contribution in [1.29, 1.82) is 0 Å². The topological polar surface area (TPSA) is 122 Å². The largest absolute Gasteiger partial charge is 0.464 e. The monoisotopic (exact) mass is 471 g/mol.